The normalized spacial score (nSPS) is 10.7. The zero-order valence-electron chi connectivity index (χ0n) is 10.7. The van der Waals surface area contributed by atoms with E-state index in [9.17, 15) is 0 Å². The third kappa shape index (κ3) is 2.35. The van der Waals surface area contributed by atoms with Gasteiger partial charge in [0.25, 0.3) is 5.89 Å². The lowest BCUT2D eigenvalue weighted by atomic mass is 10.2. The van der Waals surface area contributed by atoms with Gasteiger partial charge in [-0.3, -0.25) is 0 Å². The number of aryl methyl sites for hydroxylation is 1. The number of aromatic nitrogens is 3. The molecule has 0 bridgehead atoms. The van der Waals surface area contributed by atoms with Crippen LogP contribution >= 0.6 is 11.6 Å². The SMILES string of the molecule is Cc1cccc(-c2noc(-c3cc(N)ccc3Cl)n2)n1. The van der Waals surface area contributed by atoms with Crippen molar-refractivity contribution in [3.8, 4) is 23.0 Å². The van der Waals surface area contributed by atoms with E-state index in [0.29, 0.717) is 33.7 Å². The van der Waals surface area contributed by atoms with Crippen molar-refractivity contribution in [1.82, 2.24) is 15.1 Å². The number of halogens is 1. The first-order chi connectivity index (χ1) is 9.63. The molecule has 0 amide bonds. The average molecular weight is 287 g/mol. The quantitative estimate of drug-likeness (QED) is 0.731. The van der Waals surface area contributed by atoms with Gasteiger partial charge in [-0.05, 0) is 37.3 Å². The highest BCUT2D eigenvalue weighted by Gasteiger charge is 2.14. The molecule has 2 aromatic heterocycles. The number of nitrogen functional groups attached to an aromatic ring is 1. The Morgan fingerprint density at radius 3 is 2.80 bits per heavy atom. The molecule has 0 saturated carbocycles. The highest BCUT2D eigenvalue weighted by molar-refractivity contribution is 6.33. The molecule has 0 aliphatic heterocycles. The molecule has 2 heterocycles. The Morgan fingerprint density at radius 2 is 2.00 bits per heavy atom. The van der Waals surface area contributed by atoms with E-state index in [1.807, 2.05) is 25.1 Å². The summed E-state index contributed by atoms with van der Waals surface area (Å²) in [6.07, 6.45) is 0. The number of rotatable bonds is 2. The van der Waals surface area contributed by atoms with Crippen LogP contribution in [0, 0.1) is 6.92 Å². The number of pyridine rings is 1. The summed E-state index contributed by atoms with van der Waals surface area (Å²) in [6, 6.07) is 10.7. The molecule has 0 aliphatic carbocycles. The van der Waals surface area contributed by atoms with Gasteiger partial charge in [0.2, 0.25) is 5.82 Å². The van der Waals surface area contributed by atoms with Crippen molar-refractivity contribution >= 4 is 17.3 Å². The molecule has 0 fully saturated rings. The number of hydrogen-bond acceptors (Lipinski definition) is 5. The maximum absolute atomic E-state index is 6.11. The Labute approximate surface area is 120 Å². The van der Waals surface area contributed by atoms with Crippen LogP contribution in [0.4, 0.5) is 5.69 Å². The van der Waals surface area contributed by atoms with Gasteiger partial charge in [-0.2, -0.15) is 4.98 Å². The summed E-state index contributed by atoms with van der Waals surface area (Å²) in [5, 5.41) is 4.43. The molecule has 1 aromatic carbocycles. The van der Waals surface area contributed by atoms with E-state index in [-0.39, 0.29) is 0 Å². The van der Waals surface area contributed by atoms with Crippen molar-refractivity contribution in [2.24, 2.45) is 0 Å². The van der Waals surface area contributed by atoms with Crippen LogP contribution in [0.2, 0.25) is 5.02 Å². The van der Waals surface area contributed by atoms with Crippen molar-refractivity contribution < 1.29 is 4.52 Å². The van der Waals surface area contributed by atoms with Crippen LogP contribution in [-0.4, -0.2) is 15.1 Å². The Hall–Kier alpha value is -2.40. The van der Waals surface area contributed by atoms with Crippen LogP contribution in [0.25, 0.3) is 23.0 Å². The molecule has 0 saturated heterocycles. The summed E-state index contributed by atoms with van der Waals surface area (Å²) in [5.41, 5.74) is 8.47. The van der Waals surface area contributed by atoms with Crippen molar-refractivity contribution in [2.45, 2.75) is 6.92 Å². The summed E-state index contributed by atoms with van der Waals surface area (Å²) in [4.78, 5) is 8.66. The summed E-state index contributed by atoms with van der Waals surface area (Å²) < 4.78 is 5.24. The highest BCUT2D eigenvalue weighted by Crippen LogP contribution is 2.29. The zero-order valence-corrected chi connectivity index (χ0v) is 11.4. The second kappa shape index (κ2) is 4.94. The topological polar surface area (TPSA) is 77.8 Å². The molecule has 0 radical (unpaired) electrons. The fraction of sp³-hybridized carbons (Fsp3) is 0.0714. The standard InChI is InChI=1S/C14H11ClN4O/c1-8-3-2-4-12(17-8)13-18-14(20-19-13)10-7-9(16)5-6-11(10)15/h2-7H,16H2,1H3. The van der Waals surface area contributed by atoms with Gasteiger partial charge in [0.1, 0.15) is 5.69 Å². The van der Waals surface area contributed by atoms with Gasteiger partial charge < -0.3 is 10.3 Å². The fourth-order valence-corrected chi connectivity index (χ4v) is 2.01. The van der Waals surface area contributed by atoms with Crippen molar-refractivity contribution in [3.63, 3.8) is 0 Å². The first kappa shape index (κ1) is 12.6. The van der Waals surface area contributed by atoms with Crippen molar-refractivity contribution in [1.29, 1.82) is 0 Å². The molecule has 100 valence electrons. The predicted octanol–water partition coefficient (Wildman–Crippen LogP) is 3.34. The summed E-state index contributed by atoms with van der Waals surface area (Å²) >= 11 is 6.11. The van der Waals surface area contributed by atoms with Gasteiger partial charge in [0.15, 0.2) is 0 Å². The first-order valence-electron chi connectivity index (χ1n) is 5.96. The number of nitrogens with zero attached hydrogens (tertiary/aromatic N) is 3. The zero-order chi connectivity index (χ0) is 14.1. The van der Waals surface area contributed by atoms with Crippen LogP contribution in [0.1, 0.15) is 5.69 Å². The lowest BCUT2D eigenvalue weighted by Gasteiger charge is -1.99. The number of benzene rings is 1. The largest absolute Gasteiger partial charge is 0.399 e. The van der Waals surface area contributed by atoms with Gasteiger partial charge in [-0.25, -0.2) is 4.98 Å². The minimum absolute atomic E-state index is 0.320. The van der Waals surface area contributed by atoms with Crippen molar-refractivity contribution in [2.75, 3.05) is 5.73 Å². The smallest absolute Gasteiger partial charge is 0.259 e. The van der Waals surface area contributed by atoms with Crippen LogP contribution in [-0.2, 0) is 0 Å². The van der Waals surface area contributed by atoms with E-state index in [0.717, 1.165) is 5.69 Å². The monoisotopic (exact) mass is 286 g/mol. The molecule has 5 nitrogen and oxygen atoms in total. The van der Waals surface area contributed by atoms with Crippen LogP contribution in [0.3, 0.4) is 0 Å². The third-order valence-electron chi connectivity index (χ3n) is 2.76. The van der Waals surface area contributed by atoms with E-state index in [2.05, 4.69) is 15.1 Å². The molecule has 3 aromatic rings. The molecule has 3 rings (SSSR count). The van der Waals surface area contributed by atoms with E-state index >= 15 is 0 Å². The third-order valence-corrected chi connectivity index (χ3v) is 3.09. The number of anilines is 1. The fourth-order valence-electron chi connectivity index (χ4n) is 1.81. The minimum atomic E-state index is 0.320. The van der Waals surface area contributed by atoms with E-state index < -0.39 is 0 Å². The van der Waals surface area contributed by atoms with Gasteiger partial charge in [-0.1, -0.05) is 22.8 Å². The molecule has 2 N–H and O–H groups in total. The van der Waals surface area contributed by atoms with Gasteiger partial charge in [-0.15, -0.1) is 0 Å². The number of nitrogens with two attached hydrogens (primary N) is 1. The van der Waals surface area contributed by atoms with Gasteiger partial charge in [0.05, 0.1) is 10.6 Å². The second-order valence-electron chi connectivity index (χ2n) is 4.33. The Balaban J connectivity index is 2.04. The lowest BCUT2D eigenvalue weighted by Crippen LogP contribution is -1.89. The van der Waals surface area contributed by atoms with Gasteiger partial charge >= 0.3 is 0 Å². The molecule has 0 aliphatic rings. The van der Waals surface area contributed by atoms with E-state index in [4.69, 9.17) is 21.9 Å². The molecular weight excluding hydrogens is 276 g/mol. The van der Waals surface area contributed by atoms with E-state index in [1.54, 1.807) is 18.2 Å². The maximum atomic E-state index is 6.11. The van der Waals surface area contributed by atoms with Crippen LogP contribution in [0.15, 0.2) is 40.9 Å². The molecule has 0 unspecified atom stereocenters. The Kier molecular flexibility index (Phi) is 3.12. The molecule has 0 spiro atoms. The molecule has 0 atom stereocenters. The minimum Gasteiger partial charge on any atom is -0.399 e. The van der Waals surface area contributed by atoms with Crippen LogP contribution < -0.4 is 5.73 Å². The highest BCUT2D eigenvalue weighted by atomic mass is 35.5. The molecular formula is C14H11ClN4O. The Morgan fingerprint density at radius 1 is 1.15 bits per heavy atom. The summed E-state index contributed by atoms with van der Waals surface area (Å²) in [6.45, 7) is 1.90. The summed E-state index contributed by atoms with van der Waals surface area (Å²) in [5.74, 6) is 0.739. The maximum Gasteiger partial charge on any atom is 0.259 e. The average Bonchev–Trinajstić information content (AvgIpc) is 2.91. The van der Waals surface area contributed by atoms with Gasteiger partial charge in [0, 0.05) is 11.4 Å². The summed E-state index contributed by atoms with van der Waals surface area (Å²) in [7, 11) is 0. The lowest BCUT2D eigenvalue weighted by molar-refractivity contribution is 0.432. The Bertz CT molecular complexity index is 769. The predicted molar refractivity (Wildman–Crippen MR) is 77.1 cm³/mol. The van der Waals surface area contributed by atoms with Crippen LogP contribution in [0.5, 0.6) is 0 Å². The molecule has 6 heteroatoms. The molecule has 20 heavy (non-hydrogen) atoms. The van der Waals surface area contributed by atoms with Crippen molar-refractivity contribution in [3.05, 3.63) is 47.1 Å². The number of hydrogen-bond donors (Lipinski definition) is 1. The first-order valence-corrected chi connectivity index (χ1v) is 6.34. The van der Waals surface area contributed by atoms with E-state index in [1.165, 1.54) is 0 Å². The second-order valence-corrected chi connectivity index (χ2v) is 4.73.